The van der Waals surface area contributed by atoms with Crippen LogP contribution < -0.4 is 5.32 Å². The van der Waals surface area contributed by atoms with Crippen LogP contribution in [0.25, 0.3) is 0 Å². The summed E-state index contributed by atoms with van der Waals surface area (Å²) in [6.45, 7) is 1.54. The Morgan fingerprint density at radius 3 is 3.00 bits per heavy atom. The maximum Gasteiger partial charge on any atom is 0.279 e. The third-order valence-corrected chi connectivity index (χ3v) is 1.77. The summed E-state index contributed by atoms with van der Waals surface area (Å²) in [5.41, 5.74) is 0.273. The molecule has 0 saturated heterocycles. The Bertz CT molecular complexity index is 380. The van der Waals surface area contributed by atoms with E-state index in [-0.39, 0.29) is 17.5 Å². The molecule has 66 valence electrons. The largest absolute Gasteiger partial charge is 0.307 e. The van der Waals surface area contributed by atoms with Gasteiger partial charge in [-0.15, -0.1) is 0 Å². The minimum Gasteiger partial charge on any atom is -0.307 e. The average Bonchev–Trinajstić information content (AvgIpc) is 2.09. The van der Waals surface area contributed by atoms with Crippen molar-refractivity contribution in [2.45, 2.75) is 13.0 Å². The summed E-state index contributed by atoms with van der Waals surface area (Å²) < 4.78 is 0. The number of carbonyl (C=O) groups is 2. The van der Waals surface area contributed by atoms with Gasteiger partial charge in [-0.25, -0.2) is 4.99 Å². The number of hydrogen-bond donors (Lipinski definition) is 1. The summed E-state index contributed by atoms with van der Waals surface area (Å²) in [5, 5.41) is 2.47. The second-order valence-electron chi connectivity index (χ2n) is 2.67. The predicted molar refractivity (Wildman–Crippen MR) is 46.0 cm³/mol. The van der Waals surface area contributed by atoms with Crippen molar-refractivity contribution in [1.29, 1.82) is 0 Å². The first kappa shape index (κ1) is 7.78. The van der Waals surface area contributed by atoms with E-state index in [1.807, 2.05) is 0 Å². The van der Waals surface area contributed by atoms with Crippen molar-refractivity contribution in [3.05, 3.63) is 0 Å². The smallest absolute Gasteiger partial charge is 0.279 e. The molecule has 0 aromatic carbocycles. The van der Waals surface area contributed by atoms with Crippen LogP contribution >= 0.6 is 0 Å². The first-order valence-corrected chi connectivity index (χ1v) is 3.68. The molecular formula is C7H6N4O2. The van der Waals surface area contributed by atoms with Gasteiger partial charge in [0.2, 0.25) is 0 Å². The number of nitrogens with one attached hydrogen (secondary N) is 1. The number of nitrogens with zero attached hydrogens (tertiary/aromatic N) is 3. The zero-order valence-corrected chi connectivity index (χ0v) is 6.81. The van der Waals surface area contributed by atoms with Crippen LogP contribution in [0.5, 0.6) is 0 Å². The molecular weight excluding hydrogens is 172 g/mol. The first-order chi connectivity index (χ1) is 6.18. The lowest BCUT2D eigenvalue weighted by Crippen LogP contribution is -2.49. The highest BCUT2D eigenvalue weighted by atomic mass is 16.2. The lowest BCUT2D eigenvalue weighted by Gasteiger charge is -2.20. The van der Waals surface area contributed by atoms with Crippen molar-refractivity contribution in [3.63, 3.8) is 0 Å². The van der Waals surface area contributed by atoms with Gasteiger partial charge in [0, 0.05) is 0 Å². The summed E-state index contributed by atoms with van der Waals surface area (Å²) in [7, 11) is 0. The third kappa shape index (κ3) is 1.16. The molecule has 6 heteroatoms. The van der Waals surface area contributed by atoms with E-state index in [0.29, 0.717) is 0 Å². The maximum atomic E-state index is 11.1. The lowest BCUT2D eigenvalue weighted by atomic mass is 10.2. The van der Waals surface area contributed by atoms with Gasteiger partial charge in [-0.05, 0) is 6.92 Å². The molecule has 2 aliphatic rings. The van der Waals surface area contributed by atoms with Gasteiger partial charge in [0.25, 0.3) is 11.8 Å². The zero-order chi connectivity index (χ0) is 9.42. The molecule has 2 rings (SSSR count). The highest BCUT2D eigenvalue weighted by Crippen LogP contribution is 2.06. The van der Waals surface area contributed by atoms with Crippen LogP contribution in [0.15, 0.2) is 15.0 Å². The molecule has 1 unspecified atom stereocenters. The fourth-order valence-corrected chi connectivity index (χ4v) is 1.08. The molecule has 1 N–H and O–H groups in total. The SMILES string of the molecule is CC1=NC2C(=O)N=CN=C2NC1=O. The Morgan fingerprint density at radius 2 is 2.23 bits per heavy atom. The molecule has 2 amide bonds. The minimum atomic E-state index is -0.748. The summed E-state index contributed by atoms with van der Waals surface area (Å²) in [6, 6.07) is -0.748. The number of amidine groups is 1. The standard InChI is InChI=1S/C7H6N4O2/c1-3-6(12)11-5-4(10-3)7(13)9-2-8-5/h2,4H,1H3,(H,8,9,11,12,13). The van der Waals surface area contributed by atoms with Crippen LogP contribution in [0.2, 0.25) is 0 Å². The van der Waals surface area contributed by atoms with Gasteiger partial charge in [0.1, 0.15) is 12.2 Å². The van der Waals surface area contributed by atoms with E-state index >= 15 is 0 Å². The number of carbonyl (C=O) groups excluding carboxylic acids is 2. The highest BCUT2D eigenvalue weighted by Gasteiger charge is 2.31. The van der Waals surface area contributed by atoms with Gasteiger partial charge in [-0.3, -0.25) is 14.6 Å². The Kier molecular flexibility index (Phi) is 1.54. The number of fused-ring (bicyclic) bond motifs is 1. The molecule has 13 heavy (non-hydrogen) atoms. The summed E-state index contributed by atoms with van der Waals surface area (Å²) in [6.07, 6.45) is 1.12. The molecule has 6 nitrogen and oxygen atoms in total. The van der Waals surface area contributed by atoms with Crippen molar-refractivity contribution < 1.29 is 9.59 Å². The Balaban J connectivity index is 2.44. The van der Waals surface area contributed by atoms with Gasteiger partial charge in [0.15, 0.2) is 6.04 Å². The normalized spacial score (nSPS) is 26.1. The molecule has 0 aromatic rings. The maximum absolute atomic E-state index is 11.1. The van der Waals surface area contributed by atoms with Crippen molar-refractivity contribution in [2.75, 3.05) is 0 Å². The topological polar surface area (TPSA) is 83.2 Å². The highest BCUT2D eigenvalue weighted by molar-refractivity contribution is 6.44. The molecule has 0 aliphatic carbocycles. The molecule has 2 heterocycles. The van der Waals surface area contributed by atoms with Crippen molar-refractivity contribution in [3.8, 4) is 0 Å². The van der Waals surface area contributed by atoms with Crippen LogP contribution in [-0.4, -0.2) is 35.7 Å². The van der Waals surface area contributed by atoms with Crippen molar-refractivity contribution in [1.82, 2.24) is 5.32 Å². The Morgan fingerprint density at radius 1 is 1.46 bits per heavy atom. The fourth-order valence-electron chi connectivity index (χ4n) is 1.08. The number of amides is 2. The van der Waals surface area contributed by atoms with E-state index in [0.717, 1.165) is 6.34 Å². The monoisotopic (exact) mass is 178 g/mol. The average molecular weight is 178 g/mol. The second-order valence-corrected chi connectivity index (χ2v) is 2.67. The summed E-state index contributed by atoms with van der Waals surface area (Å²) in [5.74, 6) is -0.460. The molecule has 0 fully saturated rings. The quantitative estimate of drug-likeness (QED) is 0.511. The van der Waals surface area contributed by atoms with Gasteiger partial charge in [-0.2, -0.15) is 4.99 Å². The molecule has 0 saturated carbocycles. The molecule has 0 spiro atoms. The van der Waals surface area contributed by atoms with Crippen LogP contribution in [0.3, 0.4) is 0 Å². The van der Waals surface area contributed by atoms with Crippen LogP contribution in [0.4, 0.5) is 0 Å². The van der Waals surface area contributed by atoms with E-state index in [9.17, 15) is 9.59 Å². The Hall–Kier alpha value is -1.85. The van der Waals surface area contributed by atoms with Gasteiger partial charge >= 0.3 is 0 Å². The van der Waals surface area contributed by atoms with Crippen molar-refractivity contribution >= 4 is 29.7 Å². The van der Waals surface area contributed by atoms with Crippen LogP contribution in [0, 0.1) is 0 Å². The van der Waals surface area contributed by atoms with E-state index in [2.05, 4.69) is 20.3 Å². The molecule has 1 atom stereocenters. The summed E-state index contributed by atoms with van der Waals surface area (Å²) >= 11 is 0. The number of aliphatic imine (C=N–C) groups is 3. The predicted octanol–water partition coefficient (Wildman–Crippen LogP) is -1.09. The van der Waals surface area contributed by atoms with Crippen molar-refractivity contribution in [2.24, 2.45) is 15.0 Å². The number of hydrogen-bond acceptors (Lipinski definition) is 4. The Labute approximate surface area is 73.5 Å². The first-order valence-electron chi connectivity index (χ1n) is 3.68. The third-order valence-electron chi connectivity index (χ3n) is 1.77. The second kappa shape index (κ2) is 2.58. The van der Waals surface area contributed by atoms with E-state index in [4.69, 9.17) is 0 Å². The molecule has 0 aromatic heterocycles. The molecule has 0 radical (unpaired) electrons. The van der Waals surface area contributed by atoms with E-state index in [1.54, 1.807) is 0 Å². The van der Waals surface area contributed by atoms with Gasteiger partial charge in [-0.1, -0.05) is 0 Å². The van der Waals surface area contributed by atoms with Gasteiger partial charge < -0.3 is 5.32 Å². The lowest BCUT2D eigenvalue weighted by molar-refractivity contribution is -0.117. The van der Waals surface area contributed by atoms with Crippen LogP contribution in [-0.2, 0) is 9.59 Å². The number of rotatable bonds is 0. The zero-order valence-electron chi connectivity index (χ0n) is 6.81. The van der Waals surface area contributed by atoms with E-state index in [1.165, 1.54) is 6.92 Å². The van der Waals surface area contributed by atoms with Crippen LogP contribution in [0.1, 0.15) is 6.92 Å². The van der Waals surface area contributed by atoms with Gasteiger partial charge in [0.05, 0.1) is 5.71 Å². The minimum absolute atomic E-state index is 0.260. The molecule has 2 aliphatic heterocycles. The fraction of sp³-hybridized carbons (Fsp3) is 0.286. The molecule has 0 bridgehead atoms. The summed E-state index contributed by atoms with van der Waals surface area (Å²) in [4.78, 5) is 33.3. The van der Waals surface area contributed by atoms with E-state index < -0.39 is 11.9 Å².